The van der Waals surface area contributed by atoms with Crippen LogP contribution in [-0.4, -0.2) is 42.5 Å². The summed E-state index contributed by atoms with van der Waals surface area (Å²) in [6.07, 6.45) is 0. The highest BCUT2D eigenvalue weighted by atomic mass is 32.2. The Morgan fingerprint density at radius 1 is 1.19 bits per heavy atom. The second-order valence-electron chi connectivity index (χ2n) is 6.16. The van der Waals surface area contributed by atoms with Crippen LogP contribution in [0.5, 0.6) is 0 Å². The van der Waals surface area contributed by atoms with Gasteiger partial charge in [0.1, 0.15) is 5.69 Å². The van der Waals surface area contributed by atoms with Crippen molar-refractivity contribution in [2.45, 2.75) is 0 Å². The summed E-state index contributed by atoms with van der Waals surface area (Å²) >= 11 is 1.86. The van der Waals surface area contributed by atoms with Gasteiger partial charge in [-0.1, -0.05) is 30.8 Å². The van der Waals surface area contributed by atoms with Crippen molar-refractivity contribution in [3.05, 3.63) is 75.8 Å². The van der Waals surface area contributed by atoms with Crippen LogP contribution < -0.4 is 10.2 Å². The van der Waals surface area contributed by atoms with Crippen LogP contribution in [0.15, 0.2) is 49.0 Å². The van der Waals surface area contributed by atoms with Gasteiger partial charge >= 0.3 is 0 Å². The number of nitro benzene ring substituents is 1. The Balaban J connectivity index is 2.00. The molecule has 0 unspecified atom stereocenters. The monoisotopic (exact) mass is 383 g/mol. The molecule has 1 fully saturated rings. The molecule has 0 aromatic heterocycles. The second-order valence-corrected chi connectivity index (χ2v) is 7.39. The fourth-order valence-corrected chi connectivity index (χ4v) is 4.07. The van der Waals surface area contributed by atoms with E-state index in [2.05, 4.69) is 16.8 Å². The lowest BCUT2D eigenvalue weighted by atomic mass is 9.94. The van der Waals surface area contributed by atoms with Crippen molar-refractivity contribution in [1.29, 1.82) is 0 Å². The van der Waals surface area contributed by atoms with Crippen molar-refractivity contribution in [3.63, 3.8) is 0 Å². The quantitative estimate of drug-likeness (QED) is 0.631. The van der Waals surface area contributed by atoms with Gasteiger partial charge in [0.25, 0.3) is 11.6 Å². The van der Waals surface area contributed by atoms with E-state index in [0.717, 1.165) is 24.6 Å². The molecular weight excluding hydrogens is 362 g/mol. The number of nitrogens with zero attached hydrogens (tertiary/aromatic N) is 2. The van der Waals surface area contributed by atoms with Crippen LogP contribution in [-0.2, 0) is 0 Å². The summed E-state index contributed by atoms with van der Waals surface area (Å²) in [6, 6.07) is 12.3. The second kappa shape index (κ2) is 8.26. The van der Waals surface area contributed by atoms with Crippen molar-refractivity contribution in [3.8, 4) is 0 Å². The maximum atomic E-state index is 12.1. The minimum atomic E-state index is -0.349. The average Bonchev–Trinajstić information content (AvgIpc) is 2.72. The number of hydrogen-bond acceptors (Lipinski definition) is 5. The van der Waals surface area contributed by atoms with Crippen LogP contribution in [0.1, 0.15) is 21.5 Å². The summed E-state index contributed by atoms with van der Waals surface area (Å²) in [6.45, 7) is 5.69. The van der Waals surface area contributed by atoms with Crippen molar-refractivity contribution >= 4 is 34.6 Å². The van der Waals surface area contributed by atoms with E-state index >= 15 is 0 Å². The van der Waals surface area contributed by atoms with Gasteiger partial charge in [-0.05, 0) is 28.8 Å². The summed E-state index contributed by atoms with van der Waals surface area (Å²) in [5, 5.41) is 14.3. The molecule has 0 aliphatic carbocycles. The molecule has 7 heteroatoms. The van der Waals surface area contributed by atoms with Crippen LogP contribution in [0.3, 0.4) is 0 Å². The van der Waals surface area contributed by atoms with Gasteiger partial charge in [-0.15, -0.1) is 0 Å². The van der Waals surface area contributed by atoms with Crippen LogP contribution >= 0.6 is 11.8 Å². The fraction of sp³-hybridized carbons (Fsp3) is 0.250. The van der Waals surface area contributed by atoms with Crippen LogP contribution in [0.4, 0.5) is 11.4 Å². The van der Waals surface area contributed by atoms with Gasteiger partial charge in [0, 0.05) is 43.3 Å². The van der Waals surface area contributed by atoms with Crippen molar-refractivity contribution in [2.75, 3.05) is 36.5 Å². The zero-order chi connectivity index (χ0) is 19.4. The van der Waals surface area contributed by atoms with Crippen LogP contribution in [0.25, 0.3) is 5.57 Å². The zero-order valence-corrected chi connectivity index (χ0v) is 15.9. The molecule has 1 heterocycles. The van der Waals surface area contributed by atoms with Gasteiger partial charge in [0.15, 0.2) is 0 Å². The highest BCUT2D eigenvalue weighted by Crippen LogP contribution is 2.34. The maximum absolute atomic E-state index is 12.1. The number of hydrogen-bond donors (Lipinski definition) is 1. The molecule has 0 saturated carbocycles. The number of benzene rings is 2. The average molecular weight is 383 g/mol. The Morgan fingerprint density at radius 2 is 1.85 bits per heavy atom. The molecule has 27 heavy (non-hydrogen) atoms. The van der Waals surface area contributed by atoms with Crippen molar-refractivity contribution < 1.29 is 9.72 Å². The molecule has 0 radical (unpaired) electrons. The summed E-state index contributed by atoms with van der Waals surface area (Å²) in [7, 11) is 1.57. The standard InChI is InChI=1S/C20H21N3O3S/c1-14(16-5-3-4-6-17(16)20(24)21-2)15-7-8-18(19(13-15)23(25)26)22-9-11-27-12-10-22/h3-8,13H,1,9-12H2,2H3,(H,21,24). The number of carbonyl (C=O) groups excluding carboxylic acids is 1. The molecule has 3 rings (SSSR count). The largest absolute Gasteiger partial charge is 0.364 e. The highest BCUT2D eigenvalue weighted by Gasteiger charge is 2.23. The predicted molar refractivity (Wildman–Crippen MR) is 111 cm³/mol. The lowest BCUT2D eigenvalue weighted by Crippen LogP contribution is -2.32. The molecule has 1 aliphatic rings. The molecule has 0 atom stereocenters. The topological polar surface area (TPSA) is 75.5 Å². The first-order chi connectivity index (χ1) is 13.0. The number of anilines is 1. The molecule has 2 aromatic rings. The number of amides is 1. The number of nitro groups is 1. The summed E-state index contributed by atoms with van der Waals surface area (Å²) in [5.41, 5.74) is 3.07. The Labute approximate surface area is 162 Å². The number of rotatable bonds is 5. The van der Waals surface area contributed by atoms with Gasteiger partial charge in [-0.2, -0.15) is 11.8 Å². The van der Waals surface area contributed by atoms with E-state index in [1.165, 1.54) is 0 Å². The minimum Gasteiger partial charge on any atom is -0.364 e. The first-order valence-electron chi connectivity index (χ1n) is 8.65. The smallest absolute Gasteiger partial charge is 0.293 e. The lowest BCUT2D eigenvalue weighted by molar-refractivity contribution is -0.384. The first kappa shape index (κ1) is 19.0. The molecule has 1 aliphatic heterocycles. The Hall–Kier alpha value is -2.80. The third kappa shape index (κ3) is 3.98. The van der Waals surface area contributed by atoms with Gasteiger partial charge in [0.2, 0.25) is 0 Å². The van der Waals surface area contributed by atoms with Gasteiger partial charge in [-0.3, -0.25) is 14.9 Å². The lowest BCUT2D eigenvalue weighted by Gasteiger charge is -2.28. The normalized spacial score (nSPS) is 13.9. The van der Waals surface area contributed by atoms with E-state index in [-0.39, 0.29) is 16.5 Å². The predicted octanol–water partition coefficient (Wildman–Crippen LogP) is 3.57. The number of carbonyl (C=O) groups is 1. The summed E-state index contributed by atoms with van der Waals surface area (Å²) in [5.74, 6) is 1.71. The molecular formula is C20H21N3O3S. The van der Waals surface area contributed by atoms with Gasteiger partial charge in [-0.25, -0.2) is 0 Å². The van der Waals surface area contributed by atoms with Gasteiger partial charge in [0.05, 0.1) is 4.92 Å². The maximum Gasteiger partial charge on any atom is 0.293 e. The number of thioether (sulfide) groups is 1. The van der Waals surface area contributed by atoms with E-state index in [9.17, 15) is 14.9 Å². The van der Waals surface area contributed by atoms with E-state index < -0.39 is 0 Å². The van der Waals surface area contributed by atoms with Crippen molar-refractivity contribution in [2.24, 2.45) is 0 Å². The molecule has 2 aromatic carbocycles. The summed E-state index contributed by atoms with van der Waals surface area (Å²) < 4.78 is 0. The Bertz CT molecular complexity index is 892. The Morgan fingerprint density at radius 3 is 2.48 bits per heavy atom. The number of nitrogens with one attached hydrogen (secondary N) is 1. The van der Waals surface area contributed by atoms with E-state index in [1.807, 2.05) is 23.9 Å². The molecule has 1 N–H and O–H groups in total. The van der Waals surface area contributed by atoms with Crippen LogP contribution in [0.2, 0.25) is 0 Å². The van der Waals surface area contributed by atoms with E-state index in [1.54, 1.807) is 37.4 Å². The highest BCUT2D eigenvalue weighted by molar-refractivity contribution is 7.99. The zero-order valence-electron chi connectivity index (χ0n) is 15.1. The first-order valence-corrected chi connectivity index (χ1v) is 9.80. The van der Waals surface area contributed by atoms with E-state index in [0.29, 0.717) is 28.0 Å². The fourth-order valence-electron chi connectivity index (χ4n) is 3.16. The van der Waals surface area contributed by atoms with E-state index in [4.69, 9.17) is 0 Å². The van der Waals surface area contributed by atoms with Gasteiger partial charge < -0.3 is 10.2 Å². The molecule has 1 saturated heterocycles. The third-order valence-corrected chi connectivity index (χ3v) is 5.54. The molecule has 0 bridgehead atoms. The molecule has 6 nitrogen and oxygen atoms in total. The molecule has 1 amide bonds. The van der Waals surface area contributed by atoms with Crippen molar-refractivity contribution in [1.82, 2.24) is 5.32 Å². The minimum absolute atomic E-state index is 0.0676. The third-order valence-electron chi connectivity index (χ3n) is 4.60. The Kier molecular flexibility index (Phi) is 5.81. The van der Waals surface area contributed by atoms with Crippen LogP contribution in [0, 0.1) is 10.1 Å². The summed E-state index contributed by atoms with van der Waals surface area (Å²) in [4.78, 5) is 25.5. The SMILES string of the molecule is C=C(c1ccc(N2CCSCC2)c([N+](=O)[O-])c1)c1ccccc1C(=O)NC. The molecule has 0 spiro atoms. The molecule has 140 valence electrons.